The zero-order valence-electron chi connectivity index (χ0n) is 8.55. The van der Waals surface area contributed by atoms with E-state index in [2.05, 4.69) is 30.8 Å². The van der Waals surface area contributed by atoms with Gasteiger partial charge in [-0.15, -0.1) is 0 Å². The first-order valence-electron chi connectivity index (χ1n) is 4.44. The number of carboxylic acids is 1. The van der Waals surface area contributed by atoms with Gasteiger partial charge in [0.05, 0.1) is 11.9 Å². The van der Waals surface area contributed by atoms with E-state index in [-0.39, 0.29) is 15.3 Å². The number of hydrogen-bond acceptors (Lipinski definition) is 5. The van der Waals surface area contributed by atoms with Crippen LogP contribution in [0, 0.1) is 0 Å². The number of carboxylic acid groups (broad SMARTS) is 1. The molecule has 10 heteroatoms. The normalized spacial score (nSPS) is 11.4. The maximum Gasteiger partial charge on any atom is 0.371 e. The molecule has 3 N–H and O–H groups in total. The zero-order valence-corrected chi connectivity index (χ0v) is 10.9. The van der Waals surface area contributed by atoms with Gasteiger partial charge in [-0.3, -0.25) is 9.82 Å². The van der Waals surface area contributed by atoms with Gasteiger partial charge in [-0.1, -0.05) is 0 Å². The number of sulfonamides is 1. The van der Waals surface area contributed by atoms with Crippen LogP contribution in [0.3, 0.4) is 0 Å². The first-order chi connectivity index (χ1) is 8.40. The van der Waals surface area contributed by atoms with Crippen molar-refractivity contribution >= 4 is 37.6 Å². The molecule has 2 aromatic heterocycles. The predicted molar refractivity (Wildman–Crippen MR) is 62.8 cm³/mol. The number of H-pyrrole nitrogens is 1. The number of aromatic amines is 1. The second kappa shape index (κ2) is 4.46. The number of furan rings is 1. The highest BCUT2D eigenvalue weighted by molar-refractivity contribution is 9.10. The van der Waals surface area contributed by atoms with E-state index in [1.807, 2.05) is 0 Å². The lowest BCUT2D eigenvalue weighted by Crippen LogP contribution is -2.12. The molecule has 96 valence electrons. The van der Waals surface area contributed by atoms with Crippen LogP contribution in [0.1, 0.15) is 10.6 Å². The minimum absolute atomic E-state index is 0.184. The van der Waals surface area contributed by atoms with Gasteiger partial charge in [-0.2, -0.15) is 5.10 Å². The van der Waals surface area contributed by atoms with E-state index >= 15 is 0 Å². The fraction of sp³-hybridized carbons (Fsp3) is 0. The molecule has 0 radical (unpaired) electrons. The van der Waals surface area contributed by atoms with Gasteiger partial charge in [0.1, 0.15) is 4.90 Å². The zero-order chi connectivity index (χ0) is 13.3. The van der Waals surface area contributed by atoms with Crippen molar-refractivity contribution in [3.8, 4) is 0 Å². The highest BCUT2D eigenvalue weighted by Crippen LogP contribution is 2.27. The maximum atomic E-state index is 11.9. The van der Waals surface area contributed by atoms with Gasteiger partial charge >= 0.3 is 5.97 Å². The van der Waals surface area contributed by atoms with Crippen LogP contribution in [-0.4, -0.2) is 29.7 Å². The molecule has 0 unspecified atom stereocenters. The predicted octanol–water partition coefficient (Wildman–Crippen LogP) is 1.26. The van der Waals surface area contributed by atoms with Crippen LogP contribution in [0.2, 0.25) is 0 Å². The van der Waals surface area contributed by atoms with Crippen molar-refractivity contribution in [2.45, 2.75) is 4.90 Å². The second-order valence-electron chi connectivity index (χ2n) is 3.15. The molecule has 8 nitrogen and oxygen atoms in total. The Balaban J connectivity index is 2.38. The van der Waals surface area contributed by atoms with E-state index in [9.17, 15) is 13.2 Å². The second-order valence-corrected chi connectivity index (χ2v) is 5.52. The molecule has 0 aromatic carbocycles. The first-order valence-corrected chi connectivity index (χ1v) is 6.72. The Hall–Kier alpha value is -1.81. The molecule has 2 heterocycles. The first kappa shape index (κ1) is 12.6. The van der Waals surface area contributed by atoms with Gasteiger partial charge < -0.3 is 9.52 Å². The highest BCUT2D eigenvalue weighted by atomic mass is 79.9. The van der Waals surface area contributed by atoms with Crippen molar-refractivity contribution < 1.29 is 22.7 Å². The summed E-state index contributed by atoms with van der Waals surface area (Å²) in [5.41, 5.74) is 0.222. The van der Waals surface area contributed by atoms with Crippen molar-refractivity contribution in [2.75, 3.05) is 4.72 Å². The van der Waals surface area contributed by atoms with Crippen LogP contribution < -0.4 is 4.72 Å². The molecule has 0 aliphatic heterocycles. The molecule has 0 aliphatic rings. The van der Waals surface area contributed by atoms with Crippen LogP contribution in [0.5, 0.6) is 0 Å². The summed E-state index contributed by atoms with van der Waals surface area (Å²) in [6.45, 7) is 0. The van der Waals surface area contributed by atoms with Crippen LogP contribution in [-0.2, 0) is 10.0 Å². The smallest absolute Gasteiger partial charge is 0.371 e. The van der Waals surface area contributed by atoms with E-state index in [0.717, 1.165) is 6.07 Å². The summed E-state index contributed by atoms with van der Waals surface area (Å²) in [5.74, 6) is -1.84. The lowest BCUT2D eigenvalue weighted by atomic mass is 10.5. The lowest BCUT2D eigenvalue weighted by molar-refractivity contribution is 0.0661. The molecule has 0 aliphatic carbocycles. The molecule has 0 spiro atoms. The summed E-state index contributed by atoms with van der Waals surface area (Å²) in [4.78, 5) is 10.4. The summed E-state index contributed by atoms with van der Waals surface area (Å²) < 4.78 is 30.6. The SMILES string of the molecule is O=C(O)c1cc(S(=O)(=O)Nc2cn[nH]c2)c(Br)o1. The summed E-state index contributed by atoms with van der Waals surface area (Å²) >= 11 is 2.85. The number of anilines is 1. The fourth-order valence-electron chi connectivity index (χ4n) is 1.16. The maximum absolute atomic E-state index is 11.9. The number of halogens is 1. The van der Waals surface area contributed by atoms with Crippen molar-refractivity contribution in [1.82, 2.24) is 10.2 Å². The molecule has 0 amide bonds. The summed E-state index contributed by atoms with van der Waals surface area (Å²) in [5, 5.41) is 14.7. The van der Waals surface area contributed by atoms with Crippen LogP contribution in [0.25, 0.3) is 0 Å². The minimum Gasteiger partial charge on any atom is -0.475 e. The Bertz CT molecular complexity index is 676. The lowest BCUT2D eigenvalue weighted by Gasteiger charge is -2.02. The van der Waals surface area contributed by atoms with Gasteiger partial charge in [0.15, 0.2) is 4.67 Å². The Kier molecular flexibility index (Phi) is 3.13. The Morgan fingerprint density at radius 1 is 1.56 bits per heavy atom. The molecule has 0 fully saturated rings. The molecule has 18 heavy (non-hydrogen) atoms. The summed E-state index contributed by atoms with van der Waals surface area (Å²) in [7, 11) is -3.94. The number of aromatic carboxylic acids is 1. The summed E-state index contributed by atoms with van der Waals surface area (Å²) in [6.07, 6.45) is 2.60. The Morgan fingerprint density at radius 2 is 2.28 bits per heavy atom. The molecule has 0 atom stereocenters. The molecule has 0 saturated heterocycles. The van der Waals surface area contributed by atoms with Crippen molar-refractivity contribution in [3.63, 3.8) is 0 Å². The standard InChI is InChI=1S/C8H6BrN3O5S/c9-7-6(1-5(17-7)8(13)14)18(15,16)12-4-2-10-11-3-4/h1-3,12H,(H,10,11)(H,13,14). The average molecular weight is 336 g/mol. The van der Waals surface area contributed by atoms with E-state index in [1.54, 1.807) is 0 Å². The number of aromatic nitrogens is 2. The Morgan fingerprint density at radius 3 is 2.78 bits per heavy atom. The summed E-state index contributed by atoms with van der Waals surface area (Å²) in [6, 6.07) is 0.912. The molecule has 0 bridgehead atoms. The third-order valence-corrected chi connectivity index (χ3v) is 4.14. The van der Waals surface area contributed by atoms with Gasteiger partial charge in [0.25, 0.3) is 10.0 Å². The Labute approximate surface area is 109 Å². The van der Waals surface area contributed by atoms with E-state index < -0.39 is 21.8 Å². The largest absolute Gasteiger partial charge is 0.475 e. The number of hydrogen-bond donors (Lipinski definition) is 3. The van der Waals surface area contributed by atoms with Crippen molar-refractivity contribution in [3.05, 3.63) is 28.9 Å². The topological polar surface area (TPSA) is 125 Å². The molecule has 2 rings (SSSR count). The molecular formula is C8H6BrN3O5S. The quantitative estimate of drug-likeness (QED) is 0.772. The van der Waals surface area contributed by atoms with Gasteiger partial charge in [0, 0.05) is 12.3 Å². The monoisotopic (exact) mass is 335 g/mol. The number of nitrogens with one attached hydrogen (secondary N) is 2. The minimum atomic E-state index is -3.94. The molecular weight excluding hydrogens is 330 g/mol. The van der Waals surface area contributed by atoms with E-state index in [1.165, 1.54) is 12.4 Å². The van der Waals surface area contributed by atoms with Crippen LogP contribution >= 0.6 is 15.9 Å². The molecule has 2 aromatic rings. The molecule has 0 saturated carbocycles. The van der Waals surface area contributed by atoms with Crippen molar-refractivity contribution in [2.24, 2.45) is 0 Å². The highest BCUT2D eigenvalue weighted by Gasteiger charge is 2.25. The number of carbonyl (C=O) groups is 1. The third kappa shape index (κ3) is 2.38. The van der Waals surface area contributed by atoms with E-state index in [4.69, 9.17) is 9.52 Å². The fourth-order valence-corrected chi connectivity index (χ4v) is 3.13. The van der Waals surface area contributed by atoms with Gasteiger partial charge in [0.2, 0.25) is 5.76 Å². The van der Waals surface area contributed by atoms with Crippen LogP contribution in [0.4, 0.5) is 5.69 Å². The van der Waals surface area contributed by atoms with E-state index in [0.29, 0.717) is 0 Å². The van der Waals surface area contributed by atoms with Gasteiger partial charge in [-0.05, 0) is 15.9 Å². The number of rotatable bonds is 4. The third-order valence-electron chi connectivity index (χ3n) is 1.91. The number of nitrogens with zero attached hydrogens (tertiary/aromatic N) is 1. The van der Waals surface area contributed by atoms with Crippen molar-refractivity contribution in [1.29, 1.82) is 0 Å². The van der Waals surface area contributed by atoms with Crippen LogP contribution in [0.15, 0.2) is 32.4 Å². The average Bonchev–Trinajstić information content (AvgIpc) is 2.86. The van der Waals surface area contributed by atoms with Gasteiger partial charge in [-0.25, -0.2) is 13.2 Å².